The molecule has 2 aromatic heterocycles. The van der Waals surface area contributed by atoms with E-state index in [1.165, 1.54) is 7.11 Å². The third-order valence-electron chi connectivity index (χ3n) is 6.35. The zero-order valence-corrected chi connectivity index (χ0v) is 21.3. The van der Waals surface area contributed by atoms with Crippen LogP contribution in [0, 0.1) is 6.92 Å². The van der Waals surface area contributed by atoms with Gasteiger partial charge in [-0.1, -0.05) is 6.07 Å². The van der Waals surface area contributed by atoms with Crippen LogP contribution < -0.4 is 15.5 Å². The molecule has 37 heavy (non-hydrogen) atoms. The number of carbonyl (C=O) groups is 1. The number of ether oxygens (including phenoxy) is 1. The lowest BCUT2D eigenvalue weighted by Gasteiger charge is -2.29. The lowest BCUT2D eigenvalue weighted by atomic mass is 10.00. The molecule has 188 valence electrons. The van der Waals surface area contributed by atoms with E-state index in [4.69, 9.17) is 17.0 Å². The number of hydrogen-bond acceptors (Lipinski definition) is 5. The normalized spacial score (nSPS) is 17.0. The maximum atomic E-state index is 12.1. The molecule has 9 heteroatoms. The molecule has 3 N–H and O–H groups in total. The lowest BCUT2D eigenvalue weighted by molar-refractivity contribution is -0.119. The van der Waals surface area contributed by atoms with E-state index in [2.05, 4.69) is 31.2 Å². The van der Waals surface area contributed by atoms with Gasteiger partial charge in [-0.15, -0.1) is 0 Å². The number of thiocarbonyl (C=S) groups is 1. The average Bonchev–Trinajstić information content (AvgIpc) is 3.51. The molecule has 0 saturated carbocycles. The van der Waals surface area contributed by atoms with Gasteiger partial charge in [0.15, 0.2) is 5.11 Å². The van der Waals surface area contributed by atoms with E-state index in [-0.39, 0.29) is 30.3 Å². The van der Waals surface area contributed by atoms with E-state index in [1.807, 2.05) is 67.7 Å². The Morgan fingerprint density at radius 1 is 1.11 bits per heavy atom. The number of anilines is 2. The van der Waals surface area contributed by atoms with Gasteiger partial charge in [0.25, 0.3) is 0 Å². The topological polar surface area (TPSA) is 91.7 Å². The summed E-state index contributed by atoms with van der Waals surface area (Å²) in [6, 6.07) is 22.4. The second-order valence-electron chi connectivity index (χ2n) is 8.80. The van der Waals surface area contributed by atoms with Crippen LogP contribution >= 0.6 is 12.2 Å². The molecule has 0 spiro atoms. The van der Waals surface area contributed by atoms with Crippen LogP contribution in [-0.2, 0) is 9.53 Å². The number of benzene rings is 2. The molecule has 8 nitrogen and oxygen atoms in total. The van der Waals surface area contributed by atoms with Crippen LogP contribution in [0.1, 0.15) is 29.0 Å². The Labute approximate surface area is 220 Å². The maximum absolute atomic E-state index is 12.1. The molecule has 0 aliphatic carbocycles. The van der Waals surface area contributed by atoms with Gasteiger partial charge in [0, 0.05) is 42.3 Å². The number of aromatic hydroxyl groups is 1. The molecule has 1 amide bonds. The van der Waals surface area contributed by atoms with Gasteiger partial charge in [0.05, 0.1) is 11.7 Å². The van der Waals surface area contributed by atoms with Crippen molar-refractivity contribution in [2.24, 2.45) is 0 Å². The fourth-order valence-electron chi connectivity index (χ4n) is 4.67. The Morgan fingerprint density at radius 3 is 2.59 bits per heavy atom. The number of nitrogens with zero attached hydrogens (tertiary/aromatic N) is 3. The summed E-state index contributed by atoms with van der Waals surface area (Å²) in [5.41, 5.74) is 5.30. The molecular weight excluding hydrogens is 486 g/mol. The minimum Gasteiger partial charge on any atom is -0.508 e. The second kappa shape index (κ2) is 10.4. The van der Waals surface area contributed by atoms with Crippen molar-refractivity contribution in [2.45, 2.75) is 19.0 Å². The lowest BCUT2D eigenvalue weighted by Crippen LogP contribution is -2.30. The Hall–Kier alpha value is -4.21. The molecule has 4 aromatic rings. The zero-order chi connectivity index (χ0) is 25.9. The molecule has 1 aliphatic heterocycles. The highest BCUT2D eigenvalue weighted by molar-refractivity contribution is 7.80. The molecule has 2 atom stereocenters. The first-order valence-corrected chi connectivity index (χ1v) is 12.2. The minimum absolute atomic E-state index is 0.0105. The van der Waals surface area contributed by atoms with Gasteiger partial charge in [0.2, 0.25) is 5.91 Å². The van der Waals surface area contributed by atoms with E-state index >= 15 is 0 Å². The third kappa shape index (κ3) is 4.91. The number of aromatic nitrogens is 2. The summed E-state index contributed by atoms with van der Waals surface area (Å²) in [5, 5.41) is 16.7. The molecule has 5 rings (SSSR count). The van der Waals surface area contributed by atoms with Crippen molar-refractivity contribution < 1.29 is 14.6 Å². The van der Waals surface area contributed by atoms with E-state index in [0.717, 1.165) is 28.3 Å². The molecule has 1 fully saturated rings. The Kier molecular flexibility index (Phi) is 6.89. The Bertz CT molecular complexity index is 1420. The van der Waals surface area contributed by atoms with Crippen molar-refractivity contribution in [2.75, 3.05) is 23.9 Å². The number of rotatable bonds is 7. The van der Waals surface area contributed by atoms with Crippen molar-refractivity contribution >= 4 is 34.6 Å². The SMILES string of the molecule is COCC(=O)Nc1ccc(N2C(=S)N[C@@H](c3ccccn3)[C@@H]2c2cccn2-c2ccc(O)cc2)cc1C. The van der Waals surface area contributed by atoms with Crippen LogP contribution in [-0.4, -0.2) is 39.4 Å². The Balaban J connectivity index is 1.58. The van der Waals surface area contributed by atoms with Gasteiger partial charge < -0.3 is 29.9 Å². The summed E-state index contributed by atoms with van der Waals surface area (Å²) in [6.07, 6.45) is 3.77. The standard InChI is InChI=1S/C28H27N5O3S/c1-18-16-20(10-13-22(18)30-25(35)17-36-2)33-27(26(31-28(33)37)23-6-3-4-14-29-23)24-7-5-15-32(24)19-8-11-21(34)12-9-19/h3-16,26-27,34H,17H2,1-2H3,(H,30,35)(H,31,37)/t26-,27-/m0/s1. The van der Waals surface area contributed by atoms with Gasteiger partial charge in [-0.25, -0.2) is 0 Å². The zero-order valence-electron chi connectivity index (χ0n) is 20.5. The minimum atomic E-state index is -0.223. The molecule has 2 aromatic carbocycles. The number of phenols is 1. The van der Waals surface area contributed by atoms with Crippen LogP contribution in [0.15, 0.2) is 85.2 Å². The molecule has 3 heterocycles. The van der Waals surface area contributed by atoms with Crippen LogP contribution in [0.5, 0.6) is 5.75 Å². The molecule has 0 radical (unpaired) electrons. The van der Waals surface area contributed by atoms with Gasteiger partial charge in [-0.05, 0) is 91.4 Å². The molecule has 0 unspecified atom stereocenters. The van der Waals surface area contributed by atoms with Gasteiger partial charge in [0.1, 0.15) is 18.4 Å². The molecule has 1 aliphatic rings. The molecule has 0 bridgehead atoms. The third-order valence-corrected chi connectivity index (χ3v) is 6.66. The number of carbonyl (C=O) groups excluding carboxylic acids is 1. The predicted octanol–water partition coefficient (Wildman–Crippen LogP) is 4.65. The van der Waals surface area contributed by atoms with Crippen molar-refractivity contribution in [1.29, 1.82) is 0 Å². The number of pyridine rings is 1. The fourth-order valence-corrected chi connectivity index (χ4v) is 5.02. The van der Waals surface area contributed by atoms with Crippen molar-refractivity contribution in [3.8, 4) is 11.4 Å². The van der Waals surface area contributed by atoms with Gasteiger partial charge >= 0.3 is 0 Å². The Morgan fingerprint density at radius 2 is 1.89 bits per heavy atom. The first-order valence-electron chi connectivity index (χ1n) is 11.8. The van der Waals surface area contributed by atoms with Crippen molar-refractivity contribution in [3.05, 3.63) is 102 Å². The molecular formula is C28H27N5O3S. The van der Waals surface area contributed by atoms with Crippen LogP contribution in [0.4, 0.5) is 11.4 Å². The highest BCUT2D eigenvalue weighted by atomic mass is 32.1. The smallest absolute Gasteiger partial charge is 0.250 e. The number of methoxy groups -OCH3 is 1. The monoisotopic (exact) mass is 513 g/mol. The highest BCUT2D eigenvalue weighted by Crippen LogP contribution is 2.43. The van der Waals surface area contributed by atoms with E-state index in [9.17, 15) is 9.90 Å². The number of phenolic OH excluding ortho intramolecular Hbond substituents is 1. The predicted molar refractivity (Wildman–Crippen MR) is 147 cm³/mol. The van der Waals surface area contributed by atoms with Crippen molar-refractivity contribution in [3.63, 3.8) is 0 Å². The van der Waals surface area contributed by atoms with Crippen LogP contribution in [0.25, 0.3) is 5.69 Å². The summed E-state index contributed by atoms with van der Waals surface area (Å²) in [7, 11) is 1.49. The summed E-state index contributed by atoms with van der Waals surface area (Å²) >= 11 is 5.87. The summed E-state index contributed by atoms with van der Waals surface area (Å²) in [6.45, 7) is 1.94. The fraction of sp³-hybridized carbons (Fsp3) is 0.179. The summed E-state index contributed by atoms with van der Waals surface area (Å²) in [5.74, 6) is -0.00108. The first kappa shape index (κ1) is 24.5. The van der Waals surface area contributed by atoms with E-state index in [1.54, 1.807) is 18.3 Å². The summed E-state index contributed by atoms with van der Waals surface area (Å²) < 4.78 is 7.02. The van der Waals surface area contributed by atoms with E-state index in [0.29, 0.717) is 10.8 Å². The first-order chi connectivity index (χ1) is 18.0. The largest absolute Gasteiger partial charge is 0.508 e. The number of nitrogens with one attached hydrogen (secondary N) is 2. The van der Waals surface area contributed by atoms with Crippen LogP contribution in [0.3, 0.4) is 0 Å². The second-order valence-corrected chi connectivity index (χ2v) is 9.18. The number of hydrogen-bond donors (Lipinski definition) is 3. The molecule has 1 saturated heterocycles. The number of aryl methyl sites for hydroxylation is 1. The van der Waals surface area contributed by atoms with Crippen molar-refractivity contribution in [1.82, 2.24) is 14.9 Å². The van der Waals surface area contributed by atoms with Gasteiger partial charge in [-0.2, -0.15) is 0 Å². The van der Waals surface area contributed by atoms with Crippen LogP contribution in [0.2, 0.25) is 0 Å². The van der Waals surface area contributed by atoms with Gasteiger partial charge in [-0.3, -0.25) is 9.78 Å². The maximum Gasteiger partial charge on any atom is 0.250 e. The number of amides is 1. The quantitative estimate of drug-likeness (QED) is 0.310. The van der Waals surface area contributed by atoms with E-state index < -0.39 is 0 Å². The highest BCUT2D eigenvalue weighted by Gasteiger charge is 2.42. The summed E-state index contributed by atoms with van der Waals surface area (Å²) in [4.78, 5) is 18.8. The average molecular weight is 514 g/mol.